The van der Waals surface area contributed by atoms with E-state index in [9.17, 15) is 4.79 Å². The van der Waals surface area contributed by atoms with Crippen LogP contribution < -0.4 is 5.32 Å². The molecule has 4 rings (SSSR count). The second-order valence-corrected chi connectivity index (χ2v) is 8.60. The minimum absolute atomic E-state index is 0.207. The second kappa shape index (κ2) is 8.84. The lowest BCUT2D eigenvalue weighted by molar-refractivity contribution is 0.0988. The zero-order valence-electron chi connectivity index (χ0n) is 16.8. The van der Waals surface area contributed by atoms with Crippen molar-refractivity contribution in [3.8, 4) is 11.3 Å². The van der Waals surface area contributed by atoms with E-state index in [1.54, 1.807) is 6.07 Å². The van der Waals surface area contributed by atoms with Gasteiger partial charge < -0.3 is 9.84 Å². The van der Waals surface area contributed by atoms with Gasteiger partial charge in [-0.25, -0.2) is 0 Å². The van der Waals surface area contributed by atoms with Gasteiger partial charge in [-0.15, -0.1) is 0 Å². The maximum absolute atomic E-state index is 12.7. The molecule has 1 fully saturated rings. The van der Waals surface area contributed by atoms with Crippen molar-refractivity contribution in [2.75, 3.05) is 29.9 Å². The summed E-state index contributed by atoms with van der Waals surface area (Å²) < 4.78 is 5.30. The number of hydrogen-bond donors (Lipinski definition) is 1. The van der Waals surface area contributed by atoms with Gasteiger partial charge in [0.1, 0.15) is 5.69 Å². The van der Waals surface area contributed by atoms with E-state index < -0.39 is 0 Å². The number of carbonyl (C=O) groups is 1. The Morgan fingerprint density at radius 1 is 1.14 bits per heavy atom. The van der Waals surface area contributed by atoms with Gasteiger partial charge in [-0.3, -0.25) is 9.69 Å². The molecule has 29 heavy (non-hydrogen) atoms. The lowest BCUT2D eigenvalue weighted by Crippen LogP contribution is -2.32. The molecule has 0 aliphatic carbocycles. The number of carbonyl (C=O) groups excluding carboxylic acids is 1. The van der Waals surface area contributed by atoms with Crippen LogP contribution in [0.1, 0.15) is 27.2 Å². The molecule has 0 radical (unpaired) electrons. The van der Waals surface area contributed by atoms with Crippen LogP contribution in [0.25, 0.3) is 11.3 Å². The topological polar surface area (TPSA) is 58.4 Å². The first kappa shape index (κ1) is 19.7. The predicted octanol–water partition coefficient (Wildman–Crippen LogP) is 4.76. The number of amides is 1. The molecule has 1 amide bonds. The summed E-state index contributed by atoms with van der Waals surface area (Å²) in [7, 11) is 0. The minimum atomic E-state index is -0.287. The first-order chi connectivity index (χ1) is 14.1. The van der Waals surface area contributed by atoms with Gasteiger partial charge in [-0.1, -0.05) is 47.1 Å². The third kappa shape index (κ3) is 4.71. The zero-order chi connectivity index (χ0) is 20.2. The van der Waals surface area contributed by atoms with Crippen molar-refractivity contribution in [1.82, 2.24) is 10.1 Å². The molecule has 0 saturated carbocycles. The molecule has 2 heterocycles. The van der Waals surface area contributed by atoms with Crippen molar-refractivity contribution in [3.63, 3.8) is 0 Å². The third-order valence-corrected chi connectivity index (χ3v) is 6.22. The summed E-state index contributed by atoms with van der Waals surface area (Å²) in [6, 6.07) is 15.7. The molecule has 2 aromatic carbocycles. The number of aromatic nitrogens is 1. The fourth-order valence-electron chi connectivity index (χ4n) is 3.42. The highest BCUT2D eigenvalue weighted by Crippen LogP contribution is 2.24. The Morgan fingerprint density at radius 2 is 1.90 bits per heavy atom. The summed E-state index contributed by atoms with van der Waals surface area (Å²) >= 11 is 2.01. The van der Waals surface area contributed by atoms with Crippen LogP contribution >= 0.6 is 11.8 Å². The molecule has 0 unspecified atom stereocenters. The summed E-state index contributed by atoms with van der Waals surface area (Å²) in [6.07, 6.45) is 0. The van der Waals surface area contributed by atoms with Crippen LogP contribution in [0.2, 0.25) is 0 Å². The van der Waals surface area contributed by atoms with Gasteiger partial charge in [-0.2, -0.15) is 11.8 Å². The molecule has 1 saturated heterocycles. The molecule has 3 aromatic rings. The Kier molecular flexibility index (Phi) is 6.02. The zero-order valence-corrected chi connectivity index (χ0v) is 17.6. The molecule has 1 aliphatic rings. The van der Waals surface area contributed by atoms with Crippen LogP contribution in [0.3, 0.4) is 0 Å². The van der Waals surface area contributed by atoms with E-state index in [2.05, 4.69) is 28.4 Å². The third-order valence-electron chi connectivity index (χ3n) is 5.27. The van der Waals surface area contributed by atoms with Crippen molar-refractivity contribution in [1.29, 1.82) is 0 Å². The maximum Gasteiger partial charge on any atom is 0.294 e. The van der Waals surface area contributed by atoms with E-state index in [0.717, 1.165) is 36.4 Å². The number of aryl methyl sites for hydroxylation is 1. The van der Waals surface area contributed by atoms with Crippen molar-refractivity contribution in [2.45, 2.75) is 20.4 Å². The van der Waals surface area contributed by atoms with Crippen LogP contribution in [0, 0.1) is 13.8 Å². The molecule has 6 heteroatoms. The fraction of sp³-hybridized carbons (Fsp3) is 0.304. The molecule has 1 aliphatic heterocycles. The summed E-state index contributed by atoms with van der Waals surface area (Å²) in [4.78, 5) is 15.2. The van der Waals surface area contributed by atoms with Crippen molar-refractivity contribution in [2.24, 2.45) is 0 Å². The molecule has 150 valence electrons. The lowest BCUT2D eigenvalue weighted by Gasteiger charge is -2.27. The molecular weight excluding hydrogens is 382 g/mol. The largest absolute Gasteiger partial charge is 0.350 e. The standard InChI is InChI=1S/C23H25N3O2S/c1-16-6-8-18(9-7-16)21-14-22(28-25-21)23(27)24-20-5-3-4-19(17(20)2)15-26-10-12-29-13-11-26/h3-9,14H,10-13,15H2,1-2H3,(H,24,27). The molecule has 5 nitrogen and oxygen atoms in total. The number of thioether (sulfide) groups is 1. The SMILES string of the molecule is Cc1ccc(-c2cc(C(=O)Nc3cccc(CN4CCSCC4)c3C)on2)cc1. The van der Waals surface area contributed by atoms with Gasteiger partial charge in [0.2, 0.25) is 5.76 Å². The van der Waals surface area contributed by atoms with E-state index in [1.165, 1.54) is 22.6 Å². The van der Waals surface area contributed by atoms with Crippen molar-refractivity contribution < 1.29 is 9.32 Å². The normalized spacial score (nSPS) is 14.7. The summed E-state index contributed by atoms with van der Waals surface area (Å²) in [5, 5.41) is 7.03. The smallest absolute Gasteiger partial charge is 0.294 e. The lowest BCUT2D eigenvalue weighted by atomic mass is 10.1. The highest BCUT2D eigenvalue weighted by Gasteiger charge is 2.17. The maximum atomic E-state index is 12.7. The van der Waals surface area contributed by atoms with E-state index in [1.807, 2.05) is 55.1 Å². The van der Waals surface area contributed by atoms with Crippen molar-refractivity contribution in [3.05, 3.63) is 71.0 Å². The quantitative estimate of drug-likeness (QED) is 0.661. The van der Waals surface area contributed by atoms with Gasteiger partial charge in [-0.05, 0) is 31.0 Å². The number of benzene rings is 2. The summed E-state index contributed by atoms with van der Waals surface area (Å²) in [5.74, 6) is 2.29. The molecule has 1 aromatic heterocycles. The van der Waals surface area contributed by atoms with Crippen LogP contribution in [0.4, 0.5) is 5.69 Å². The highest BCUT2D eigenvalue weighted by molar-refractivity contribution is 7.99. The highest BCUT2D eigenvalue weighted by atomic mass is 32.2. The van der Waals surface area contributed by atoms with E-state index in [0.29, 0.717) is 5.69 Å². The first-order valence-electron chi connectivity index (χ1n) is 9.84. The molecule has 0 atom stereocenters. The van der Waals surface area contributed by atoms with Gasteiger partial charge in [0, 0.05) is 48.5 Å². The Morgan fingerprint density at radius 3 is 2.66 bits per heavy atom. The summed E-state index contributed by atoms with van der Waals surface area (Å²) in [5.41, 5.74) is 5.91. The average molecular weight is 408 g/mol. The number of nitrogens with one attached hydrogen (secondary N) is 1. The average Bonchev–Trinajstić information content (AvgIpc) is 3.23. The van der Waals surface area contributed by atoms with Crippen molar-refractivity contribution >= 4 is 23.4 Å². The van der Waals surface area contributed by atoms with E-state index >= 15 is 0 Å². The van der Waals surface area contributed by atoms with Gasteiger partial charge in [0.15, 0.2) is 0 Å². The van der Waals surface area contributed by atoms with Crippen LogP contribution in [0.15, 0.2) is 53.1 Å². The number of anilines is 1. The second-order valence-electron chi connectivity index (χ2n) is 7.37. The number of hydrogen-bond acceptors (Lipinski definition) is 5. The monoisotopic (exact) mass is 407 g/mol. The Labute approximate surface area is 175 Å². The van der Waals surface area contributed by atoms with Gasteiger partial charge in [0.25, 0.3) is 5.91 Å². The van der Waals surface area contributed by atoms with E-state index in [-0.39, 0.29) is 11.7 Å². The number of nitrogens with zero attached hydrogens (tertiary/aromatic N) is 2. The fourth-order valence-corrected chi connectivity index (χ4v) is 4.40. The van der Waals surface area contributed by atoms with Gasteiger partial charge >= 0.3 is 0 Å². The van der Waals surface area contributed by atoms with Crippen LogP contribution in [-0.4, -0.2) is 40.6 Å². The minimum Gasteiger partial charge on any atom is -0.350 e. The Hall–Kier alpha value is -2.57. The van der Waals surface area contributed by atoms with E-state index in [4.69, 9.17) is 4.52 Å². The van der Waals surface area contributed by atoms with Gasteiger partial charge in [0.05, 0.1) is 0 Å². The van der Waals surface area contributed by atoms with Crippen LogP contribution in [0.5, 0.6) is 0 Å². The molecular formula is C23H25N3O2S. The summed E-state index contributed by atoms with van der Waals surface area (Å²) in [6.45, 7) is 7.23. The molecule has 1 N–H and O–H groups in total. The van der Waals surface area contributed by atoms with Crippen LogP contribution in [-0.2, 0) is 6.54 Å². The number of rotatable bonds is 5. The molecule has 0 spiro atoms. The first-order valence-corrected chi connectivity index (χ1v) is 11.0. The predicted molar refractivity (Wildman–Crippen MR) is 118 cm³/mol. The molecule has 0 bridgehead atoms. The Balaban J connectivity index is 1.47. The Bertz CT molecular complexity index is 992.